The van der Waals surface area contributed by atoms with Crippen LogP contribution in [0.4, 0.5) is 0 Å². The first-order valence-corrected chi connectivity index (χ1v) is 6.97. The van der Waals surface area contributed by atoms with Crippen molar-refractivity contribution in [3.05, 3.63) is 52.0 Å². The molecule has 0 saturated carbocycles. The quantitative estimate of drug-likeness (QED) is 0.884. The molecule has 1 aromatic heterocycles. The van der Waals surface area contributed by atoms with Crippen molar-refractivity contribution in [1.29, 1.82) is 0 Å². The summed E-state index contributed by atoms with van der Waals surface area (Å²) in [6.07, 6.45) is 2.80. The van der Waals surface area contributed by atoms with Gasteiger partial charge in [-0.05, 0) is 31.0 Å². The van der Waals surface area contributed by atoms with Gasteiger partial charge in [0.2, 0.25) is 0 Å². The van der Waals surface area contributed by atoms with E-state index in [0.717, 1.165) is 28.8 Å². The molecule has 0 aliphatic heterocycles. The number of rotatable bonds is 5. The van der Waals surface area contributed by atoms with Crippen LogP contribution < -0.4 is 5.32 Å². The first-order chi connectivity index (χ1) is 8.70. The third-order valence-electron chi connectivity index (χ3n) is 3.13. The molecule has 0 bridgehead atoms. The molecule has 2 rings (SSSR count). The van der Waals surface area contributed by atoms with Gasteiger partial charge < -0.3 is 10.3 Å². The third-order valence-corrected chi connectivity index (χ3v) is 3.66. The maximum absolute atomic E-state index is 4.30. The van der Waals surface area contributed by atoms with Gasteiger partial charge in [-0.2, -0.15) is 0 Å². The van der Waals surface area contributed by atoms with Crippen LogP contribution in [0, 0.1) is 6.92 Å². The SMILES string of the molecule is CCC(NCc1nc[nH]c1C)c1ccc(Br)cc1. The Morgan fingerprint density at radius 3 is 2.61 bits per heavy atom. The van der Waals surface area contributed by atoms with Gasteiger partial charge in [0.25, 0.3) is 0 Å². The van der Waals surface area contributed by atoms with Gasteiger partial charge in [0, 0.05) is 22.8 Å². The fourth-order valence-electron chi connectivity index (χ4n) is 1.98. The number of nitrogens with zero attached hydrogens (tertiary/aromatic N) is 1. The summed E-state index contributed by atoms with van der Waals surface area (Å²) < 4.78 is 1.12. The highest BCUT2D eigenvalue weighted by Gasteiger charge is 2.09. The second kappa shape index (κ2) is 6.16. The Labute approximate surface area is 116 Å². The van der Waals surface area contributed by atoms with Gasteiger partial charge in [-0.3, -0.25) is 0 Å². The lowest BCUT2D eigenvalue weighted by Crippen LogP contribution is -2.20. The Kier molecular flexibility index (Phi) is 4.55. The van der Waals surface area contributed by atoms with Crippen molar-refractivity contribution in [3.8, 4) is 0 Å². The molecule has 1 heterocycles. The van der Waals surface area contributed by atoms with E-state index in [-0.39, 0.29) is 0 Å². The minimum atomic E-state index is 0.370. The highest BCUT2D eigenvalue weighted by molar-refractivity contribution is 9.10. The maximum Gasteiger partial charge on any atom is 0.0925 e. The average Bonchev–Trinajstić information content (AvgIpc) is 2.78. The fourth-order valence-corrected chi connectivity index (χ4v) is 2.24. The molecule has 1 aromatic carbocycles. The molecule has 0 aliphatic rings. The summed E-state index contributed by atoms with van der Waals surface area (Å²) in [6, 6.07) is 8.85. The van der Waals surface area contributed by atoms with Crippen LogP contribution in [0.25, 0.3) is 0 Å². The minimum absolute atomic E-state index is 0.370. The topological polar surface area (TPSA) is 40.7 Å². The number of H-pyrrole nitrogens is 1. The van der Waals surface area contributed by atoms with E-state index in [4.69, 9.17) is 0 Å². The molecular weight excluding hydrogens is 290 g/mol. The van der Waals surface area contributed by atoms with Crippen molar-refractivity contribution in [2.24, 2.45) is 0 Å². The van der Waals surface area contributed by atoms with Crippen LogP contribution in [-0.2, 0) is 6.54 Å². The molecule has 96 valence electrons. The summed E-state index contributed by atoms with van der Waals surface area (Å²) in [4.78, 5) is 7.40. The number of aromatic nitrogens is 2. The van der Waals surface area contributed by atoms with E-state index in [0.29, 0.717) is 6.04 Å². The summed E-state index contributed by atoms with van der Waals surface area (Å²) in [5.74, 6) is 0. The lowest BCUT2D eigenvalue weighted by atomic mass is 10.0. The fraction of sp³-hybridized carbons (Fsp3) is 0.357. The molecule has 1 atom stereocenters. The molecule has 18 heavy (non-hydrogen) atoms. The summed E-state index contributed by atoms with van der Waals surface area (Å²) >= 11 is 3.46. The van der Waals surface area contributed by atoms with Crippen molar-refractivity contribution in [1.82, 2.24) is 15.3 Å². The molecule has 4 heteroatoms. The maximum atomic E-state index is 4.30. The van der Waals surface area contributed by atoms with Crippen molar-refractivity contribution in [2.75, 3.05) is 0 Å². The van der Waals surface area contributed by atoms with Crippen molar-refractivity contribution in [3.63, 3.8) is 0 Å². The van der Waals surface area contributed by atoms with Gasteiger partial charge >= 0.3 is 0 Å². The van der Waals surface area contributed by atoms with Crippen LogP contribution in [-0.4, -0.2) is 9.97 Å². The molecule has 3 nitrogen and oxygen atoms in total. The molecule has 1 unspecified atom stereocenters. The predicted molar refractivity (Wildman–Crippen MR) is 77.3 cm³/mol. The van der Waals surface area contributed by atoms with E-state index < -0.39 is 0 Å². The standard InChI is InChI=1S/C14H18BrN3/c1-3-13(11-4-6-12(15)7-5-11)16-8-14-10(2)17-9-18-14/h4-7,9,13,16H,3,8H2,1-2H3,(H,17,18). The molecular formula is C14H18BrN3. The third kappa shape index (κ3) is 3.21. The Morgan fingerprint density at radius 1 is 1.33 bits per heavy atom. The predicted octanol–water partition coefficient (Wildman–Crippen LogP) is 3.72. The van der Waals surface area contributed by atoms with E-state index in [9.17, 15) is 0 Å². The molecule has 2 N–H and O–H groups in total. The van der Waals surface area contributed by atoms with Gasteiger partial charge in [-0.1, -0.05) is 35.0 Å². The Balaban J connectivity index is 2.01. The molecule has 0 radical (unpaired) electrons. The van der Waals surface area contributed by atoms with Crippen LogP contribution in [0.5, 0.6) is 0 Å². The molecule has 0 amide bonds. The lowest BCUT2D eigenvalue weighted by Gasteiger charge is -2.17. The van der Waals surface area contributed by atoms with Gasteiger partial charge in [-0.25, -0.2) is 4.98 Å². The summed E-state index contributed by atoms with van der Waals surface area (Å²) in [5, 5.41) is 3.55. The molecule has 2 aromatic rings. The molecule has 0 aliphatic carbocycles. The van der Waals surface area contributed by atoms with Crippen LogP contribution in [0.2, 0.25) is 0 Å². The lowest BCUT2D eigenvalue weighted by molar-refractivity contribution is 0.514. The number of aromatic amines is 1. The van der Waals surface area contributed by atoms with Crippen molar-refractivity contribution in [2.45, 2.75) is 32.9 Å². The minimum Gasteiger partial charge on any atom is -0.348 e. The average molecular weight is 308 g/mol. The van der Waals surface area contributed by atoms with Gasteiger partial charge in [-0.15, -0.1) is 0 Å². The molecule has 0 saturated heterocycles. The molecule has 0 spiro atoms. The first kappa shape index (κ1) is 13.3. The first-order valence-electron chi connectivity index (χ1n) is 6.18. The van der Waals surface area contributed by atoms with Crippen LogP contribution in [0.3, 0.4) is 0 Å². The Hall–Kier alpha value is -1.13. The monoisotopic (exact) mass is 307 g/mol. The second-order valence-corrected chi connectivity index (χ2v) is 5.28. The number of nitrogens with one attached hydrogen (secondary N) is 2. The van der Waals surface area contributed by atoms with Crippen molar-refractivity contribution >= 4 is 15.9 Å². The number of aryl methyl sites for hydroxylation is 1. The van der Waals surface area contributed by atoms with Crippen molar-refractivity contribution < 1.29 is 0 Å². The highest BCUT2D eigenvalue weighted by atomic mass is 79.9. The Bertz CT molecular complexity index is 490. The smallest absolute Gasteiger partial charge is 0.0925 e. The van der Waals surface area contributed by atoms with E-state index in [1.807, 2.05) is 6.92 Å². The van der Waals surface area contributed by atoms with E-state index in [2.05, 4.69) is 62.4 Å². The summed E-state index contributed by atoms with van der Waals surface area (Å²) in [5.41, 5.74) is 3.53. The zero-order chi connectivity index (χ0) is 13.0. The largest absolute Gasteiger partial charge is 0.348 e. The van der Waals surface area contributed by atoms with Crippen LogP contribution >= 0.6 is 15.9 Å². The normalized spacial score (nSPS) is 12.6. The molecule has 0 fully saturated rings. The van der Waals surface area contributed by atoms with E-state index in [1.54, 1.807) is 6.33 Å². The Morgan fingerprint density at radius 2 is 2.06 bits per heavy atom. The number of imidazole rings is 1. The summed E-state index contributed by atoms with van der Waals surface area (Å²) in [6.45, 7) is 5.03. The second-order valence-electron chi connectivity index (χ2n) is 4.37. The van der Waals surface area contributed by atoms with E-state index in [1.165, 1.54) is 5.56 Å². The number of hydrogen-bond acceptors (Lipinski definition) is 2. The van der Waals surface area contributed by atoms with Crippen LogP contribution in [0.1, 0.15) is 36.3 Å². The van der Waals surface area contributed by atoms with Gasteiger partial charge in [0.1, 0.15) is 0 Å². The van der Waals surface area contributed by atoms with Gasteiger partial charge in [0.05, 0.1) is 12.0 Å². The summed E-state index contributed by atoms with van der Waals surface area (Å²) in [7, 11) is 0. The van der Waals surface area contributed by atoms with E-state index >= 15 is 0 Å². The highest BCUT2D eigenvalue weighted by Crippen LogP contribution is 2.20. The number of hydrogen-bond donors (Lipinski definition) is 2. The number of halogens is 1. The van der Waals surface area contributed by atoms with Crippen LogP contribution in [0.15, 0.2) is 35.1 Å². The zero-order valence-corrected chi connectivity index (χ0v) is 12.3. The zero-order valence-electron chi connectivity index (χ0n) is 10.7. The number of benzene rings is 1. The van der Waals surface area contributed by atoms with Gasteiger partial charge in [0.15, 0.2) is 0 Å².